The fourth-order valence-corrected chi connectivity index (χ4v) is 8.11. The maximum atomic E-state index is 12.8. The molecule has 0 radical (unpaired) electrons. The molecule has 1 rings (SSSR count). The van der Waals surface area contributed by atoms with Crippen molar-refractivity contribution in [2.24, 2.45) is 0 Å². The molecule has 0 spiro atoms. The van der Waals surface area contributed by atoms with E-state index in [2.05, 4.69) is 86.8 Å². The van der Waals surface area contributed by atoms with Crippen LogP contribution in [0.5, 0.6) is 0 Å². The number of phosphoric acid groups is 1. The Kier molecular flexibility index (Phi) is 38.3. The molecule has 0 bridgehead atoms. The number of unbranched alkanes of at least 4 members (excludes halogenated alkanes) is 17. The highest BCUT2D eigenvalue weighted by Gasteiger charge is 2.51. The molecule has 0 aromatic rings. The molecular weight excluding hydrogens is 836 g/mol. The van der Waals surface area contributed by atoms with Crippen molar-refractivity contribution in [1.82, 2.24) is 0 Å². The van der Waals surface area contributed by atoms with Crippen LogP contribution in [0.4, 0.5) is 0 Å². The van der Waals surface area contributed by atoms with Gasteiger partial charge in [0.25, 0.3) is 0 Å². The molecule has 64 heavy (non-hydrogen) atoms. The summed E-state index contributed by atoms with van der Waals surface area (Å²) in [5, 5.41) is 50.3. The molecule has 6 N–H and O–H groups in total. The van der Waals surface area contributed by atoms with Crippen molar-refractivity contribution in [2.45, 2.75) is 224 Å². The lowest BCUT2D eigenvalue weighted by atomic mass is 9.85. The maximum Gasteiger partial charge on any atom is 0.472 e. The van der Waals surface area contributed by atoms with E-state index in [0.29, 0.717) is 13.0 Å². The minimum Gasteiger partial charge on any atom is -0.457 e. The van der Waals surface area contributed by atoms with E-state index in [0.717, 1.165) is 96.3 Å². The molecule has 12 nitrogen and oxygen atoms in total. The Morgan fingerprint density at radius 3 is 1.42 bits per heavy atom. The molecule has 0 heterocycles. The van der Waals surface area contributed by atoms with E-state index in [-0.39, 0.29) is 13.0 Å². The number of rotatable bonds is 41. The van der Waals surface area contributed by atoms with Crippen molar-refractivity contribution < 1.29 is 58.3 Å². The largest absolute Gasteiger partial charge is 0.472 e. The second-order valence-electron chi connectivity index (χ2n) is 16.9. The molecule has 1 aliphatic carbocycles. The van der Waals surface area contributed by atoms with Crippen molar-refractivity contribution in [3.63, 3.8) is 0 Å². The van der Waals surface area contributed by atoms with Gasteiger partial charge in [0.15, 0.2) is 0 Å². The Balaban J connectivity index is 2.40. The first-order chi connectivity index (χ1) is 31.0. The predicted molar refractivity (Wildman–Crippen MR) is 258 cm³/mol. The van der Waals surface area contributed by atoms with Crippen molar-refractivity contribution in [1.29, 1.82) is 0 Å². The number of carbonyl (C=O) groups is 1. The number of allylic oxidation sites excluding steroid dienone is 12. The third kappa shape index (κ3) is 32.5. The molecular formula is C51H89O12P. The summed E-state index contributed by atoms with van der Waals surface area (Å²) in [6.45, 7) is 4.08. The zero-order chi connectivity index (χ0) is 46.9. The highest BCUT2D eigenvalue weighted by Crippen LogP contribution is 2.47. The van der Waals surface area contributed by atoms with Crippen LogP contribution < -0.4 is 0 Å². The Morgan fingerprint density at radius 2 is 0.922 bits per heavy atom. The zero-order valence-corrected chi connectivity index (χ0v) is 40.5. The topological polar surface area (TPSA) is 192 Å². The summed E-state index contributed by atoms with van der Waals surface area (Å²) in [7, 11) is -5.03. The lowest BCUT2D eigenvalue weighted by molar-refractivity contribution is -0.220. The van der Waals surface area contributed by atoms with E-state index in [4.69, 9.17) is 18.5 Å². The highest BCUT2D eigenvalue weighted by atomic mass is 31.2. The summed E-state index contributed by atoms with van der Waals surface area (Å²) in [5.74, 6) is -0.493. The van der Waals surface area contributed by atoms with Gasteiger partial charge in [-0.15, -0.1) is 0 Å². The fourth-order valence-electron chi connectivity index (χ4n) is 7.14. The van der Waals surface area contributed by atoms with E-state index in [1.54, 1.807) is 0 Å². The fraction of sp³-hybridized carbons (Fsp3) is 0.745. The lowest BCUT2D eigenvalue weighted by Gasteiger charge is -2.41. The standard InChI is InChI=1S/C51H89O12P/c1-3-5-7-9-11-13-15-17-19-21-22-23-25-27-29-31-33-35-37-39-41-60-42-44(43-61-64(58,59)63-51-49(56)47(54)46(53)48(55)50(51)57)62-45(52)40-38-36-34-32-30-28-26-24-20-18-16-14-12-10-8-6-4-2/h5,7,11,13,17-20,22-23,27,29,44,46-51,53-57H,3-4,6,8-10,12,14-16,21,24-26,28,30-43H2,1-2H3,(H,58,59)/b7-5-,13-11-,19-17-,20-18-,23-22-,29-27-. The van der Waals surface area contributed by atoms with Crippen LogP contribution in [0.2, 0.25) is 0 Å². The van der Waals surface area contributed by atoms with E-state index in [9.17, 15) is 39.8 Å². The van der Waals surface area contributed by atoms with Crippen molar-refractivity contribution >= 4 is 13.8 Å². The monoisotopic (exact) mass is 925 g/mol. The molecule has 0 aromatic heterocycles. The average molecular weight is 925 g/mol. The first-order valence-electron chi connectivity index (χ1n) is 24.8. The molecule has 0 amide bonds. The number of carbonyl (C=O) groups excluding carboxylic acids is 1. The third-order valence-corrected chi connectivity index (χ3v) is 12.0. The number of aliphatic hydroxyl groups excluding tert-OH is 5. The van der Waals surface area contributed by atoms with Crippen molar-refractivity contribution in [3.8, 4) is 0 Å². The summed E-state index contributed by atoms with van der Waals surface area (Å²) in [6.07, 6.45) is 41.1. The highest BCUT2D eigenvalue weighted by molar-refractivity contribution is 7.47. The molecule has 13 heteroatoms. The summed E-state index contributed by atoms with van der Waals surface area (Å²) < 4.78 is 34.2. The molecule has 6 atom stereocenters. The minimum atomic E-state index is -5.03. The van der Waals surface area contributed by atoms with E-state index in [1.165, 1.54) is 57.8 Å². The van der Waals surface area contributed by atoms with Crippen LogP contribution in [0.1, 0.15) is 181 Å². The van der Waals surface area contributed by atoms with Gasteiger partial charge in [-0.1, -0.05) is 164 Å². The molecule has 1 fully saturated rings. The Hall–Kier alpha value is -2.22. The number of phosphoric ester groups is 1. The van der Waals surface area contributed by atoms with Gasteiger partial charge in [-0.2, -0.15) is 0 Å². The van der Waals surface area contributed by atoms with E-state index >= 15 is 0 Å². The van der Waals surface area contributed by atoms with Crippen LogP contribution in [-0.4, -0.2) is 98.9 Å². The van der Waals surface area contributed by atoms with Gasteiger partial charge in [-0.05, 0) is 83.5 Å². The Morgan fingerprint density at radius 1 is 0.516 bits per heavy atom. The van der Waals surface area contributed by atoms with Gasteiger partial charge >= 0.3 is 13.8 Å². The van der Waals surface area contributed by atoms with Crippen LogP contribution in [-0.2, 0) is 27.9 Å². The lowest BCUT2D eigenvalue weighted by Crippen LogP contribution is -2.64. The minimum absolute atomic E-state index is 0.0989. The number of esters is 1. The normalized spacial score (nSPS) is 22.3. The molecule has 1 aliphatic rings. The van der Waals surface area contributed by atoms with E-state index in [1.807, 2.05) is 0 Å². The van der Waals surface area contributed by atoms with Gasteiger partial charge in [-0.25, -0.2) is 4.57 Å². The van der Waals surface area contributed by atoms with Crippen LogP contribution in [0, 0.1) is 0 Å². The number of ether oxygens (including phenoxy) is 2. The van der Waals surface area contributed by atoms with Gasteiger partial charge in [0.2, 0.25) is 0 Å². The Bertz CT molecular complexity index is 1330. The Labute approximate surface area is 387 Å². The summed E-state index contributed by atoms with van der Waals surface area (Å²) >= 11 is 0. The third-order valence-electron chi connectivity index (χ3n) is 11.1. The van der Waals surface area contributed by atoms with Gasteiger partial charge in [0, 0.05) is 13.0 Å². The molecule has 0 aromatic carbocycles. The number of hydrogen-bond acceptors (Lipinski definition) is 11. The molecule has 1 saturated carbocycles. The van der Waals surface area contributed by atoms with Gasteiger partial charge in [-0.3, -0.25) is 13.8 Å². The first-order valence-corrected chi connectivity index (χ1v) is 26.3. The number of aliphatic hydroxyl groups is 5. The van der Waals surface area contributed by atoms with Gasteiger partial charge < -0.3 is 39.9 Å². The molecule has 0 aliphatic heterocycles. The smallest absolute Gasteiger partial charge is 0.457 e. The van der Waals surface area contributed by atoms with Crippen LogP contribution in [0.25, 0.3) is 0 Å². The van der Waals surface area contributed by atoms with Crippen LogP contribution >= 0.6 is 7.82 Å². The van der Waals surface area contributed by atoms with Crippen molar-refractivity contribution in [2.75, 3.05) is 19.8 Å². The van der Waals surface area contributed by atoms with Crippen LogP contribution in [0.15, 0.2) is 72.9 Å². The quantitative estimate of drug-likeness (QED) is 0.0147. The summed E-state index contributed by atoms with van der Waals surface area (Å²) in [6, 6.07) is 0. The summed E-state index contributed by atoms with van der Waals surface area (Å²) in [5.41, 5.74) is 0. The number of hydrogen-bond donors (Lipinski definition) is 6. The summed E-state index contributed by atoms with van der Waals surface area (Å²) in [4.78, 5) is 23.2. The second-order valence-corrected chi connectivity index (χ2v) is 18.3. The zero-order valence-electron chi connectivity index (χ0n) is 39.6. The SMILES string of the molecule is CC/C=C\C/C=C\C/C=C\C/C=C\C/C=C\CCCCCCOCC(COP(=O)(O)OC1C(O)C(O)C(O)C(O)C1O)OC(=O)CCCCCCCCC/C=C\CCCCCCCC. The van der Waals surface area contributed by atoms with Crippen molar-refractivity contribution in [3.05, 3.63) is 72.9 Å². The predicted octanol–water partition coefficient (Wildman–Crippen LogP) is 10.8. The van der Waals surface area contributed by atoms with Gasteiger partial charge in [0.05, 0.1) is 13.2 Å². The maximum absolute atomic E-state index is 12.8. The van der Waals surface area contributed by atoms with E-state index < -0.39 is 63.1 Å². The van der Waals surface area contributed by atoms with Gasteiger partial charge in [0.1, 0.15) is 42.7 Å². The molecule has 370 valence electrons. The molecule has 6 unspecified atom stereocenters. The average Bonchev–Trinajstić information content (AvgIpc) is 3.28. The van der Waals surface area contributed by atoms with Crippen LogP contribution in [0.3, 0.4) is 0 Å². The molecule has 0 saturated heterocycles. The first kappa shape index (κ1) is 59.8. The second kappa shape index (κ2) is 41.0.